The number of nitrogens with two attached hydrogens (primary N) is 1. The number of rotatable bonds is 3. The molecule has 2 atom stereocenters. The molecule has 0 saturated carbocycles. The first-order chi connectivity index (χ1) is 7.83. The number of hydrogen-bond donors (Lipinski definition) is 1. The normalized spacial score (nSPS) is 29.8. The van der Waals surface area contributed by atoms with Crippen molar-refractivity contribution in [2.75, 3.05) is 13.1 Å². The second-order valence-electron chi connectivity index (χ2n) is 4.59. The molecule has 2 N–H and O–H groups in total. The molecular weight excluding hydrogens is 222 g/mol. The van der Waals surface area contributed by atoms with Gasteiger partial charge < -0.3 is 10.5 Å². The number of likely N-dealkylation sites (tertiary alicyclic amines) is 1. The van der Waals surface area contributed by atoms with E-state index in [9.17, 15) is 0 Å². The molecule has 2 aliphatic heterocycles. The van der Waals surface area contributed by atoms with Crippen LogP contribution >= 0.6 is 11.3 Å². The molecule has 88 valence electrons. The third kappa shape index (κ3) is 2.13. The van der Waals surface area contributed by atoms with Gasteiger partial charge in [0.15, 0.2) is 0 Å². The molecule has 0 aromatic carbocycles. The molecular formula is C11H17N3OS. The third-order valence-electron chi connectivity index (χ3n) is 3.28. The van der Waals surface area contributed by atoms with Crippen molar-refractivity contribution < 1.29 is 4.74 Å². The molecule has 2 aliphatic rings. The maximum absolute atomic E-state index is 5.81. The molecule has 3 heterocycles. The third-order valence-corrected chi connectivity index (χ3v) is 4.20. The molecule has 2 fully saturated rings. The number of ether oxygens (including phenoxy) is 1. The fourth-order valence-electron chi connectivity index (χ4n) is 2.57. The summed E-state index contributed by atoms with van der Waals surface area (Å²) in [7, 11) is 0. The van der Waals surface area contributed by atoms with Gasteiger partial charge in [0.1, 0.15) is 5.01 Å². The minimum Gasteiger partial charge on any atom is -0.372 e. The number of hydrogen-bond acceptors (Lipinski definition) is 5. The molecule has 0 spiro atoms. The van der Waals surface area contributed by atoms with Crippen molar-refractivity contribution >= 4 is 11.3 Å². The van der Waals surface area contributed by atoms with Crippen molar-refractivity contribution in [3.8, 4) is 0 Å². The van der Waals surface area contributed by atoms with Gasteiger partial charge in [-0.2, -0.15) is 0 Å². The molecule has 1 aromatic heterocycles. The molecule has 0 aliphatic carbocycles. The van der Waals surface area contributed by atoms with E-state index in [2.05, 4.69) is 15.3 Å². The molecule has 4 nitrogen and oxygen atoms in total. The van der Waals surface area contributed by atoms with E-state index in [-0.39, 0.29) is 0 Å². The quantitative estimate of drug-likeness (QED) is 0.854. The predicted octanol–water partition coefficient (Wildman–Crippen LogP) is 0.965. The second kappa shape index (κ2) is 4.41. The van der Waals surface area contributed by atoms with E-state index in [1.54, 1.807) is 11.3 Å². The standard InChI is InChI=1S/C11H17N3OS/c12-3-11-13-8(7-16-11)4-14-5-9-1-2-10(6-14)15-9/h7,9-10H,1-6,12H2. The summed E-state index contributed by atoms with van der Waals surface area (Å²) >= 11 is 1.66. The Morgan fingerprint density at radius 2 is 2.19 bits per heavy atom. The molecule has 0 amide bonds. The van der Waals surface area contributed by atoms with Crippen LogP contribution in [0, 0.1) is 0 Å². The molecule has 2 saturated heterocycles. The molecule has 16 heavy (non-hydrogen) atoms. The number of fused-ring (bicyclic) bond motifs is 2. The van der Waals surface area contributed by atoms with Gasteiger partial charge >= 0.3 is 0 Å². The molecule has 2 bridgehead atoms. The van der Waals surface area contributed by atoms with Gasteiger partial charge in [0.25, 0.3) is 0 Å². The average molecular weight is 239 g/mol. The van der Waals surface area contributed by atoms with Crippen LogP contribution in [0.2, 0.25) is 0 Å². The lowest BCUT2D eigenvalue weighted by Gasteiger charge is -2.31. The van der Waals surface area contributed by atoms with Crippen molar-refractivity contribution in [2.45, 2.75) is 38.1 Å². The van der Waals surface area contributed by atoms with Crippen molar-refractivity contribution in [1.82, 2.24) is 9.88 Å². The highest BCUT2D eigenvalue weighted by molar-refractivity contribution is 7.09. The maximum Gasteiger partial charge on any atom is 0.106 e. The van der Waals surface area contributed by atoms with Crippen LogP contribution in [-0.2, 0) is 17.8 Å². The van der Waals surface area contributed by atoms with Crippen molar-refractivity contribution in [3.63, 3.8) is 0 Å². The van der Waals surface area contributed by atoms with Crippen molar-refractivity contribution in [3.05, 3.63) is 16.1 Å². The van der Waals surface area contributed by atoms with Gasteiger partial charge in [0, 0.05) is 31.6 Å². The molecule has 0 radical (unpaired) electrons. The van der Waals surface area contributed by atoms with Crippen LogP contribution in [0.15, 0.2) is 5.38 Å². The summed E-state index contributed by atoms with van der Waals surface area (Å²) in [6, 6.07) is 0. The zero-order valence-electron chi connectivity index (χ0n) is 9.26. The Labute approximate surface area is 99.4 Å². The Hall–Kier alpha value is -0.490. The fourth-order valence-corrected chi connectivity index (χ4v) is 3.24. The minimum absolute atomic E-state index is 0.464. The van der Waals surface area contributed by atoms with E-state index in [0.29, 0.717) is 18.8 Å². The Morgan fingerprint density at radius 1 is 1.44 bits per heavy atom. The lowest BCUT2D eigenvalue weighted by Crippen LogP contribution is -2.42. The van der Waals surface area contributed by atoms with Gasteiger partial charge in [0.2, 0.25) is 0 Å². The number of thiazole rings is 1. The van der Waals surface area contributed by atoms with Crippen LogP contribution < -0.4 is 5.73 Å². The summed E-state index contributed by atoms with van der Waals surface area (Å²) in [6.07, 6.45) is 3.39. The van der Waals surface area contributed by atoms with E-state index >= 15 is 0 Å². The maximum atomic E-state index is 5.81. The van der Waals surface area contributed by atoms with Crippen LogP contribution in [-0.4, -0.2) is 35.2 Å². The number of nitrogens with zero attached hydrogens (tertiary/aromatic N) is 2. The van der Waals surface area contributed by atoms with Gasteiger partial charge in [-0.3, -0.25) is 4.90 Å². The highest BCUT2D eigenvalue weighted by Crippen LogP contribution is 2.27. The summed E-state index contributed by atoms with van der Waals surface area (Å²) < 4.78 is 5.81. The number of morpholine rings is 1. The average Bonchev–Trinajstić information content (AvgIpc) is 2.86. The Morgan fingerprint density at radius 3 is 2.81 bits per heavy atom. The first kappa shape index (κ1) is 10.7. The molecule has 3 rings (SSSR count). The lowest BCUT2D eigenvalue weighted by molar-refractivity contribution is -0.0413. The summed E-state index contributed by atoms with van der Waals surface area (Å²) in [5.74, 6) is 0. The van der Waals surface area contributed by atoms with E-state index in [0.717, 1.165) is 30.3 Å². The summed E-state index contributed by atoms with van der Waals surface area (Å²) in [4.78, 5) is 6.96. The van der Waals surface area contributed by atoms with E-state index < -0.39 is 0 Å². The fraction of sp³-hybridized carbons (Fsp3) is 0.727. The zero-order valence-corrected chi connectivity index (χ0v) is 10.1. The van der Waals surface area contributed by atoms with Crippen molar-refractivity contribution in [2.24, 2.45) is 5.73 Å². The van der Waals surface area contributed by atoms with Crippen LogP contribution in [0.1, 0.15) is 23.5 Å². The van der Waals surface area contributed by atoms with E-state index in [1.165, 1.54) is 12.8 Å². The second-order valence-corrected chi connectivity index (χ2v) is 5.53. The Kier molecular flexibility index (Phi) is 2.93. The van der Waals surface area contributed by atoms with E-state index in [1.807, 2.05) is 0 Å². The molecule has 5 heteroatoms. The highest BCUT2D eigenvalue weighted by atomic mass is 32.1. The largest absolute Gasteiger partial charge is 0.372 e. The monoisotopic (exact) mass is 239 g/mol. The van der Waals surface area contributed by atoms with Gasteiger partial charge in [0.05, 0.1) is 17.9 Å². The van der Waals surface area contributed by atoms with Crippen LogP contribution in [0.4, 0.5) is 0 Å². The smallest absolute Gasteiger partial charge is 0.106 e. The Bertz CT molecular complexity index is 356. The SMILES string of the molecule is NCc1nc(CN2CC3CCC(C2)O3)cs1. The summed E-state index contributed by atoms with van der Waals surface area (Å²) in [5, 5.41) is 3.16. The van der Waals surface area contributed by atoms with Gasteiger partial charge in [-0.25, -0.2) is 4.98 Å². The van der Waals surface area contributed by atoms with Crippen LogP contribution in [0.3, 0.4) is 0 Å². The summed E-state index contributed by atoms with van der Waals surface area (Å²) in [6.45, 7) is 3.63. The van der Waals surface area contributed by atoms with Crippen molar-refractivity contribution in [1.29, 1.82) is 0 Å². The first-order valence-corrected chi connectivity index (χ1v) is 6.72. The van der Waals surface area contributed by atoms with Gasteiger partial charge in [-0.05, 0) is 12.8 Å². The Balaban J connectivity index is 1.62. The van der Waals surface area contributed by atoms with E-state index in [4.69, 9.17) is 10.5 Å². The minimum atomic E-state index is 0.464. The lowest BCUT2D eigenvalue weighted by atomic mass is 10.2. The topological polar surface area (TPSA) is 51.4 Å². The van der Waals surface area contributed by atoms with Gasteiger partial charge in [-0.1, -0.05) is 0 Å². The molecule has 1 aromatic rings. The first-order valence-electron chi connectivity index (χ1n) is 5.84. The van der Waals surface area contributed by atoms with Gasteiger partial charge in [-0.15, -0.1) is 11.3 Å². The summed E-state index contributed by atoms with van der Waals surface area (Å²) in [5.41, 5.74) is 6.72. The predicted molar refractivity (Wildman–Crippen MR) is 63.2 cm³/mol. The van der Waals surface area contributed by atoms with Crippen LogP contribution in [0.25, 0.3) is 0 Å². The highest BCUT2D eigenvalue weighted by Gasteiger charge is 2.33. The molecule has 2 unspecified atom stereocenters. The van der Waals surface area contributed by atoms with Crippen LogP contribution in [0.5, 0.6) is 0 Å². The zero-order chi connectivity index (χ0) is 11.0. The number of aromatic nitrogens is 1.